The molecule has 0 amide bonds. The third-order valence-electron chi connectivity index (χ3n) is 5.64. The minimum absolute atomic E-state index is 0.118. The Kier molecular flexibility index (Phi) is 7.60. The summed E-state index contributed by atoms with van der Waals surface area (Å²) in [5.41, 5.74) is 0.353. The van der Waals surface area contributed by atoms with Crippen molar-refractivity contribution in [1.82, 2.24) is 19.4 Å². The van der Waals surface area contributed by atoms with E-state index in [2.05, 4.69) is 15.6 Å². The van der Waals surface area contributed by atoms with Gasteiger partial charge in [-0.2, -0.15) is 4.98 Å². The highest BCUT2D eigenvalue weighted by Crippen LogP contribution is 2.30. The first-order valence-corrected chi connectivity index (χ1v) is 12.0. The Morgan fingerprint density at radius 1 is 1.12 bits per heavy atom. The van der Waals surface area contributed by atoms with Gasteiger partial charge < -0.3 is 15.4 Å². The number of aromatic nitrogens is 3. The Bertz CT molecular complexity index is 1270. The molecule has 180 valence electrons. The van der Waals surface area contributed by atoms with Gasteiger partial charge >= 0.3 is 11.4 Å². The van der Waals surface area contributed by atoms with E-state index in [1.54, 1.807) is 44.2 Å². The number of rotatable bonds is 7. The van der Waals surface area contributed by atoms with Gasteiger partial charge in [-0.3, -0.25) is 4.57 Å². The van der Waals surface area contributed by atoms with E-state index >= 15 is 0 Å². The van der Waals surface area contributed by atoms with Crippen molar-refractivity contribution in [1.29, 1.82) is 0 Å². The Balaban J connectivity index is 1.65. The van der Waals surface area contributed by atoms with Gasteiger partial charge in [0.05, 0.1) is 11.6 Å². The summed E-state index contributed by atoms with van der Waals surface area (Å²) < 4.78 is 8.61. The molecule has 0 unspecified atom stereocenters. The maximum Gasteiger partial charge on any atom is 0.355 e. The lowest BCUT2D eigenvalue weighted by molar-refractivity contribution is 0.162. The van der Waals surface area contributed by atoms with Gasteiger partial charge in [-0.1, -0.05) is 35.3 Å². The minimum atomic E-state index is -0.619. The van der Waals surface area contributed by atoms with Crippen molar-refractivity contribution < 1.29 is 4.74 Å². The highest BCUT2D eigenvalue weighted by Gasteiger charge is 2.18. The number of nitrogens with one attached hydrogen (secondary N) is 2. The molecule has 0 atom stereocenters. The van der Waals surface area contributed by atoms with Crippen LogP contribution in [0.4, 0.5) is 11.6 Å². The molecule has 34 heavy (non-hydrogen) atoms. The van der Waals surface area contributed by atoms with Gasteiger partial charge in [-0.25, -0.2) is 14.2 Å². The lowest BCUT2D eigenvalue weighted by Gasteiger charge is -2.24. The second-order valence-electron chi connectivity index (χ2n) is 8.51. The van der Waals surface area contributed by atoms with Crippen LogP contribution in [0.25, 0.3) is 0 Å². The Morgan fingerprint density at radius 3 is 2.47 bits per heavy atom. The van der Waals surface area contributed by atoms with Crippen LogP contribution in [0, 0.1) is 0 Å². The van der Waals surface area contributed by atoms with Gasteiger partial charge in [0, 0.05) is 16.8 Å². The molecule has 8 nitrogen and oxygen atoms in total. The molecule has 0 radical (unpaired) electrons. The van der Waals surface area contributed by atoms with Crippen molar-refractivity contribution >= 4 is 34.8 Å². The summed E-state index contributed by atoms with van der Waals surface area (Å²) in [6, 6.07) is 12.1. The number of nitrogens with zero attached hydrogens (tertiary/aromatic N) is 3. The SMILES string of the molecule is CC(C)n1c(=O)nc(Nc2ccc(OC3CCNCC3)c(Cl)c2)n(Cc2ccc(Cl)cc2)c1=O. The molecule has 0 spiro atoms. The number of anilines is 2. The van der Waals surface area contributed by atoms with E-state index in [1.165, 1.54) is 4.57 Å². The summed E-state index contributed by atoms with van der Waals surface area (Å²) in [6.07, 6.45) is 1.96. The smallest absolute Gasteiger partial charge is 0.355 e. The van der Waals surface area contributed by atoms with E-state index in [9.17, 15) is 9.59 Å². The van der Waals surface area contributed by atoms with Gasteiger partial charge in [-0.05, 0) is 75.7 Å². The third kappa shape index (κ3) is 5.63. The van der Waals surface area contributed by atoms with Crippen molar-refractivity contribution in [3.63, 3.8) is 0 Å². The lowest BCUT2D eigenvalue weighted by Crippen LogP contribution is -2.43. The molecule has 2 aromatic carbocycles. The van der Waals surface area contributed by atoms with Crippen LogP contribution in [0.2, 0.25) is 10.0 Å². The van der Waals surface area contributed by atoms with Crippen molar-refractivity contribution in [2.24, 2.45) is 0 Å². The van der Waals surface area contributed by atoms with Crippen molar-refractivity contribution in [3.05, 3.63) is 79.0 Å². The highest BCUT2D eigenvalue weighted by atomic mass is 35.5. The highest BCUT2D eigenvalue weighted by molar-refractivity contribution is 6.32. The molecule has 0 aliphatic carbocycles. The molecule has 1 aliphatic rings. The number of piperidine rings is 1. The molecule has 1 fully saturated rings. The van der Waals surface area contributed by atoms with Crippen LogP contribution in [0.1, 0.15) is 38.3 Å². The van der Waals surface area contributed by atoms with E-state index in [0.717, 1.165) is 36.1 Å². The molecule has 2 N–H and O–H groups in total. The van der Waals surface area contributed by atoms with Crippen LogP contribution in [0.3, 0.4) is 0 Å². The average molecular weight is 504 g/mol. The van der Waals surface area contributed by atoms with E-state index in [1.807, 2.05) is 12.1 Å². The summed E-state index contributed by atoms with van der Waals surface area (Å²) in [4.78, 5) is 30.0. The van der Waals surface area contributed by atoms with Crippen molar-refractivity contribution in [2.75, 3.05) is 18.4 Å². The van der Waals surface area contributed by atoms with Crippen LogP contribution in [0.5, 0.6) is 5.75 Å². The third-order valence-corrected chi connectivity index (χ3v) is 6.19. The number of halogens is 2. The first kappa shape index (κ1) is 24.3. The second-order valence-corrected chi connectivity index (χ2v) is 9.36. The van der Waals surface area contributed by atoms with Gasteiger partial charge in [0.1, 0.15) is 11.9 Å². The molecule has 3 aromatic rings. The minimum Gasteiger partial charge on any atom is -0.489 e. The largest absolute Gasteiger partial charge is 0.489 e. The fourth-order valence-electron chi connectivity index (χ4n) is 3.86. The van der Waals surface area contributed by atoms with E-state index < -0.39 is 11.4 Å². The summed E-state index contributed by atoms with van der Waals surface area (Å²) in [5, 5.41) is 7.43. The lowest BCUT2D eigenvalue weighted by atomic mass is 10.1. The van der Waals surface area contributed by atoms with Gasteiger partial charge in [0.2, 0.25) is 5.95 Å². The van der Waals surface area contributed by atoms with Crippen LogP contribution < -0.4 is 26.7 Å². The quantitative estimate of drug-likeness (QED) is 0.501. The monoisotopic (exact) mass is 503 g/mol. The van der Waals surface area contributed by atoms with Crippen LogP contribution in [-0.4, -0.2) is 33.3 Å². The number of hydrogen-bond acceptors (Lipinski definition) is 6. The Morgan fingerprint density at radius 2 is 1.82 bits per heavy atom. The van der Waals surface area contributed by atoms with E-state index in [4.69, 9.17) is 27.9 Å². The normalized spacial score (nSPS) is 14.4. The maximum atomic E-state index is 13.2. The molecule has 10 heteroatoms. The summed E-state index contributed by atoms with van der Waals surface area (Å²) in [6.45, 7) is 5.58. The molecule has 1 aliphatic heterocycles. The first-order chi connectivity index (χ1) is 16.3. The molecular weight excluding hydrogens is 477 g/mol. The molecule has 2 heterocycles. The molecular formula is C24H27Cl2N5O3. The maximum absolute atomic E-state index is 13.2. The second kappa shape index (κ2) is 10.6. The van der Waals surface area contributed by atoms with Crippen LogP contribution in [0.15, 0.2) is 52.1 Å². The molecule has 1 saturated heterocycles. The van der Waals surface area contributed by atoms with Crippen molar-refractivity contribution in [2.45, 2.75) is 45.4 Å². The average Bonchev–Trinajstić information content (AvgIpc) is 2.80. The number of hydrogen-bond donors (Lipinski definition) is 2. The van der Waals surface area contributed by atoms with Gasteiger partial charge in [0.25, 0.3) is 0 Å². The molecule has 1 aromatic heterocycles. The predicted octanol–water partition coefficient (Wildman–Crippen LogP) is 4.22. The predicted molar refractivity (Wildman–Crippen MR) is 135 cm³/mol. The van der Waals surface area contributed by atoms with Gasteiger partial charge in [0.15, 0.2) is 0 Å². The standard InChI is InChI=1S/C24H27Cl2N5O3/c1-15(2)31-23(32)29-22(30(24(31)33)14-16-3-5-17(25)6-4-16)28-18-7-8-21(20(26)13-18)34-19-9-11-27-12-10-19/h3-8,13,15,19,27H,9-12,14H2,1-2H3,(H,28,29,32). The summed E-state index contributed by atoms with van der Waals surface area (Å²) in [5.74, 6) is 0.728. The van der Waals surface area contributed by atoms with Crippen LogP contribution in [-0.2, 0) is 6.54 Å². The first-order valence-electron chi connectivity index (χ1n) is 11.2. The summed E-state index contributed by atoms with van der Waals surface area (Å²) >= 11 is 12.5. The zero-order valence-corrected chi connectivity index (χ0v) is 20.6. The van der Waals surface area contributed by atoms with Crippen LogP contribution >= 0.6 is 23.2 Å². The topological polar surface area (TPSA) is 90.2 Å². The zero-order valence-electron chi connectivity index (χ0n) is 19.1. The fourth-order valence-corrected chi connectivity index (χ4v) is 4.21. The fraction of sp³-hybridized carbons (Fsp3) is 0.375. The number of benzene rings is 2. The van der Waals surface area contributed by atoms with Crippen molar-refractivity contribution in [3.8, 4) is 5.75 Å². The molecule has 4 rings (SSSR count). The Labute approximate surface area is 207 Å². The molecule has 0 saturated carbocycles. The molecule has 0 bridgehead atoms. The Hall–Kier alpha value is -2.81. The number of ether oxygens (including phenoxy) is 1. The summed E-state index contributed by atoms with van der Waals surface area (Å²) in [7, 11) is 0. The van der Waals surface area contributed by atoms with E-state index in [0.29, 0.717) is 21.5 Å². The zero-order chi connectivity index (χ0) is 24.2. The van der Waals surface area contributed by atoms with E-state index in [-0.39, 0.29) is 24.6 Å². The van der Waals surface area contributed by atoms with Gasteiger partial charge in [-0.15, -0.1) is 0 Å².